The molecule has 0 saturated heterocycles. The number of hydrogen-bond acceptors (Lipinski definition) is 3. The fourth-order valence-corrected chi connectivity index (χ4v) is 2.19. The third-order valence-corrected chi connectivity index (χ3v) is 3.25. The minimum Gasteiger partial charge on any atom is -0.298 e. The van der Waals surface area contributed by atoms with Gasteiger partial charge in [-0.3, -0.25) is 4.79 Å². The molecule has 94 valence electrons. The summed E-state index contributed by atoms with van der Waals surface area (Å²) in [5, 5.41) is 5.48. The molecule has 2 aromatic heterocycles. The first kappa shape index (κ1) is 11.9. The fraction of sp³-hybridized carbons (Fsp3) is 0.0714. The Morgan fingerprint density at radius 3 is 2.68 bits per heavy atom. The molecule has 2 heterocycles. The second-order valence-corrected chi connectivity index (χ2v) is 4.55. The molecule has 0 radical (unpaired) electrons. The number of halogens is 1. The SMILES string of the molecule is Cc1nn(-c2ccccc2)c2nc(Cl)c(C=O)cc12. The second-order valence-electron chi connectivity index (χ2n) is 4.19. The average Bonchev–Trinajstić information content (AvgIpc) is 2.75. The van der Waals surface area contributed by atoms with E-state index >= 15 is 0 Å². The lowest BCUT2D eigenvalue weighted by Gasteiger charge is -2.02. The Hall–Kier alpha value is -2.20. The molecule has 3 rings (SSSR count). The third kappa shape index (κ3) is 1.90. The third-order valence-electron chi connectivity index (χ3n) is 2.95. The van der Waals surface area contributed by atoms with E-state index in [4.69, 9.17) is 11.6 Å². The average molecular weight is 272 g/mol. The van der Waals surface area contributed by atoms with Crippen molar-refractivity contribution in [3.8, 4) is 5.69 Å². The van der Waals surface area contributed by atoms with Crippen LogP contribution in [0, 0.1) is 6.92 Å². The van der Waals surface area contributed by atoms with Gasteiger partial charge >= 0.3 is 0 Å². The molecule has 1 aromatic carbocycles. The van der Waals surface area contributed by atoms with Gasteiger partial charge in [0.25, 0.3) is 0 Å². The summed E-state index contributed by atoms with van der Waals surface area (Å²) >= 11 is 5.99. The number of rotatable bonds is 2. The lowest BCUT2D eigenvalue weighted by Crippen LogP contribution is -1.98. The number of benzene rings is 1. The zero-order chi connectivity index (χ0) is 13.4. The largest absolute Gasteiger partial charge is 0.298 e. The zero-order valence-electron chi connectivity index (χ0n) is 10.2. The molecule has 0 amide bonds. The summed E-state index contributed by atoms with van der Waals surface area (Å²) < 4.78 is 1.73. The molecule has 5 heteroatoms. The Morgan fingerprint density at radius 1 is 1.26 bits per heavy atom. The van der Waals surface area contributed by atoms with Crippen LogP contribution >= 0.6 is 11.6 Å². The minimum absolute atomic E-state index is 0.194. The number of fused-ring (bicyclic) bond motifs is 1. The molecule has 19 heavy (non-hydrogen) atoms. The number of aromatic nitrogens is 3. The normalized spacial score (nSPS) is 10.8. The standard InChI is InChI=1S/C14H10ClN3O/c1-9-12-7-10(8-19)13(15)16-14(12)18(17-9)11-5-3-2-4-6-11/h2-8H,1H3. The van der Waals surface area contributed by atoms with Crippen LogP contribution in [0.5, 0.6) is 0 Å². The van der Waals surface area contributed by atoms with E-state index in [9.17, 15) is 4.79 Å². The van der Waals surface area contributed by atoms with Gasteiger partial charge in [-0.1, -0.05) is 29.8 Å². The van der Waals surface area contributed by atoms with Gasteiger partial charge in [0.2, 0.25) is 0 Å². The highest BCUT2D eigenvalue weighted by molar-refractivity contribution is 6.32. The molecule has 0 fully saturated rings. The molecule has 0 saturated carbocycles. The van der Waals surface area contributed by atoms with E-state index in [1.165, 1.54) is 0 Å². The quantitative estimate of drug-likeness (QED) is 0.531. The van der Waals surface area contributed by atoms with Crippen LogP contribution in [0.25, 0.3) is 16.7 Å². The number of carbonyl (C=O) groups excluding carboxylic acids is 1. The van der Waals surface area contributed by atoms with Crippen LogP contribution in [0.15, 0.2) is 36.4 Å². The lowest BCUT2D eigenvalue weighted by molar-refractivity contribution is 0.112. The molecule has 0 bridgehead atoms. The highest BCUT2D eigenvalue weighted by atomic mass is 35.5. The van der Waals surface area contributed by atoms with E-state index in [1.54, 1.807) is 10.7 Å². The van der Waals surface area contributed by atoms with Gasteiger partial charge in [-0.25, -0.2) is 9.67 Å². The summed E-state index contributed by atoms with van der Waals surface area (Å²) in [5.74, 6) is 0. The predicted octanol–water partition coefficient (Wildman–Crippen LogP) is 3.19. The van der Waals surface area contributed by atoms with Gasteiger partial charge in [-0.15, -0.1) is 0 Å². The van der Waals surface area contributed by atoms with Crippen molar-refractivity contribution in [2.75, 3.05) is 0 Å². The lowest BCUT2D eigenvalue weighted by atomic mass is 10.2. The van der Waals surface area contributed by atoms with Gasteiger partial charge in [-0.2, -0.15) is 5.10 Å². The Balaban J connectivity index is 2.34. The van der Waals surface area contributed by atoms with Crippen LogP contribution in [0.4, 0.5) is 0 Å². The number of para-hydroxylation sites is 1. The number of carbonyl (C=O) groups is 1. The number of nitrogens with zero attached hydrogens (tertiary/aromatic N) is 3. The summed E-state index contributed by atoms with van der Waals surface area (Å²) in [5.41, 5.74) is 2.75. The van der Waals surface area contributed by atoms with Gasteiger partial charge in [-0.05, 0) is 25.1 Å². The Bertz CT molecular complexity index is 765. The van der Waals surface area contributed by atoms with Crippen molar-refractivity contribution in [3.05, 3.63) is 52.8 Å². The highest BCUT2D eigenvalue weighted by Crippen LogP contribution is 2.24. The van der Waals surface area contributed by atoms with E-state index in [-0.39, 0.29) is 5.15 Å². The summed E-state index contributed by atoms with van der Waals surface area (Å²) in [6, 6.07) is 11.4. The van der Waals surface area contributed by atoms with Crippen molar-refractivity contribution in [1.29, 1.82) is 0 Å². The molecular formula is C14H10ClN3O. The molecule has 0 spiro atoms. The topological polar surface area (TPSA) is 47.8 Å². The van der Waals surface area contributed by atoms with E-state index in [0.29, 0.717) is 17.5 Å². The van der Waals surface area contributed by atoms with Crippen LogP contribution < -0.4 is 0 Å². The highest BCUT2D eigenvalue weighted by Gasteiger charge is 2.13. The van der Waals surface area contributed by atoms with E-state index in [0.717, 1.165) is 16.8 Å². The van der Waals surface area contributed by atoms with E-state index in [2.05, 4.69) is 10.1 Å². The van der Waals surface area contributed by atoms with Crippen LogP contribution in [0.1, 0.15) is 16.1 Å². The van der Waals surface area contributed by atoms with Crippen molar-refractivity contribution < 1.29 is 4.79 Å². The van der Waals surface area contributed by atoms with Crippen molar-refractivity contribution in [3.63, 3.8) is 0 Å². The maximum Gasteiger partial charge on any atom is 0.164 e. The van der Waals surface area contributed by atoms with Gasteiger partial charge < -0.3 is 0 Å². The van der Waals surface area contributed by atoms with Crippen molar-refractivity contribution in [2.45, 2.75) is 6.92 Å². The van der Waals surface area contributed by atoms with Crippen LogP contribution in [-0.2, 0) is 0 Å². The summed E-state index contributed by atoms with van der Waals surface area (Å²) in [7, 11) is 0. The van der Waals surface area contributed by atoms with Crippen LogP contribution in [-0.4, -0.2) is 21.1 Å². The van der Waals surface area contributed by atoms with Gasteiger partial charge in [0.05, 0.1) is 16.9 Å². The Morgan fingerprint density at radius 2 is 2.00 bits per heavy atom. The smallest absolute Gasteiger partial charge is 0.164 e. The number of aldehydes is 1. The molecule has 4 nitrogen and oxygen atoms in total. The summed E-state index contributed by atoms with van der Waals surface area (Å²) in [6.07, 6.45) is 0.702. The molecule has 0 aliphatic rings. The number of pyridine rings is 1. The van der Waals surface area contributed by atoms with Crippen LogP contribution in [0.2, 0.25) is 5.15 Å². The Labute approximate surface area is 114 Å². The second kappa shape index (κ2) is 4.48. The van der Waals surface area contributed by atoms with Crippen molar-refractivity contribution >= 4 is 28.9 Å². The Kier molecular flexibility index (Phi) is 2.80. The first-order valence-corrected chi connectivity index (χ1v) is 6.15. The summed E-state index contributed by atoms with van der Waals surface area (Å²) in [6.45, 7) is 1.88. The van der Waals surface area contributed by atoms with Crippen LogP contribution in [0.3, 0.4) is 0 Å². The first-order valence-electron chi connectivity index (χ1n) is 5.77. The summed E-state index contributed by atoms with van der Waals surface area (Å²) in [4.78, 5) is 15.2. The molecular weight excluding hydrogens is 262 g/mol. The molecule has 3 aromatic rings. The number of hydrogen-bond donors (Lipinski definition) is 0. The monoisotopic (exact) mass is 271 g/mol. The van der Waals surface area contributed by atoms with Gasteiger partial charge in [0.1, 0.15) is 5.15 Å². The van der Waals surface area contributed by atoms with E-state index in [1.807, 2.05) is 37.3 Å². The van der Waals surface area contributed by atoms with Gasteiger partial charge in [0.15, 0.2) is 11.9 Å². The fourth-order valence-electron chi connectivity index (χ4n) is 2.01. The minimum atomic E-state index is 0.194. The molecule has 0 aliphatic carbocycles. The zero-order valence-corrected chi connectivity index (χ0v) is 10.9. The van der Waals surface area contributed by atoms with Gasteiger partial charge in [0, 0.05) is 5.39 Å². The molecule has 0 N–H and O–H groups in total. The number of aryl methyl sites for hydroxylation is 1. The molecule has 0 aliphatic heterocycles. The van der Waals surface area contributed by atoms with Crippen molar-refractivity contribution in [2.24, 2.45) is 0 Å². The molecule has 0 unspecified atom stereocenters. The predicted molar refractivity (Wildman–Crippen MR) is 74.0 cm³/mol. The maximum absolute atomic E-state index is 10.9. The van der Waals surface area contributed by atoms with Crippen molar-refractivity contribution in [1.82, 2.24) is 14.8 Å². The molecule has 0 atom stereocenters. The maximum atomic E-state index is 10.9. The van der Waals surface area contributed by atoms with E-state index < -0.39 is 0 Å². The first-order chi connectivity index (χ1) is 9.20.